The van der Waals surface area contributed by atoms with Crippen LogP contribution in [0.25, 0.3) is 0 Å². The Hall–Kier alpha value is -1.27. The van der Waals surface area contributed by atoms with Crippen molar-refractivity contribution in [2.45, 2.75) is 428 Å². The van der Waals surface area contributed by atoms with Crippen LogP contribution in [0.1, 0.15) is 354 Å². The van der Waals surface area contributed by atoms with E-state index in [0.717, 1.165) is 44.9 Å². The molecule has 0 radical (unpaired) electrons. The normalized spacial score (nSPS) is 23.2. The largest absolute Gasteiger partial charge is 0.394 e. The van der Waals surface area contributed by atoms with Crippen molar-refractivity contribution < 1.29 is 64.6 Å². The molecule has 2 fully saturated rings. The summed E-state index contributed by atoms with van der Waals surface area (Å²) in [4.78, 5) is 13.4. The van der Waals surface area contributed by atoms with Crippen molar-refractivity contribution in [2.24, 2.45) is 0 Å². The van der Waals surface area contributed by atoms with Crippen molar-refractivity contribution in [1.82, 2.24) is 5.32 Å². The Balaban J connectivity index is 1.65. The summed E-state index contributed by atoms with van der Waals surface area (Å²) in [5.74, 6) is -0.230. The number of hydrogen-bond acceptors (Lipinski definition) is 13. The molecule has 0 aromatic heterocycles. The molecule has 0 aliphatic carbocycles. The first kappa shape index (κ1) is 81.8. The minimum absolute atomic E-state index is 0.230. The maximum atomic E-state index is 13.4. The number of hydrogen-bond donors (Lipinski definition) is 9. The summed E-state index contributed by atoms with van der Waals surface area (Å²) in [6, 6.07) is -0.912. The Morgan fingerprint density at radius 2 is 0.713 bits per heavy atom. The van der Waals surface area contributed by atoms with E-state index >= 15 is 0 Å². The van der Waals surface area contributed by atoms with Crippen molar-refractivity contribution in [3.63, 3.8) is 0 Å². The molecule has 2 rings (SSSR count). The minimum Gasteiger partial charge on any atom is -0.394 e. The summed E-state index contributed by atoms with van der Waals surface area (Å²) >= 11 is 0. The molecular weight excluding hydrogens is 1100 g/mol. The van der Waals surface area contributed by atoms with Crippen molar-refractivity contribution in [3.8, 4) is 0 Å². The molecule has 1 amide bonds. The first-order valence-corrected chi connectivity index (χ1v) is 37.4. The van der Waals surface area contributed by atoms with Gasteiger partial charge in [0, 0.05) is 6.42 Å². The van der Waals surface area contributed by atoms with E-state index in [1.54, 1.807) is 6.08 Å². The van der Waals surface area contributed by atoms with Gasteiger partial charge >= 0.3 is 0 Å². The summed E-state index contributed by atoms with van der Waals surface area (Å²) in [5, 5.41) is 87.6. The zero-order valence-corrected chi connectivity index (χ0v) is 56.3. The van der Waals surface area contributed by atoms with E-state index < -0.39 is 86.8 Å². The molecule has 516 valence electrons. The smallest absolute Gasteiger partial charge is 0.220 e. The molecule has 2 heterocycles. The van der Waals surface area contributed by atoms with Gasteiger partial charge in [-0.3, -0.25) is 4.79 Å². The Kier molecular flexibility index (Phi) is 55.1. The molecule has 0 saturated carbocycles. The molecule has 12 unspecified atom stereocenters. The summed E-state index contributed by atoms with van der Waals surface area (Å²) in [6.07, 6.45) is 55.6. The van der Waals surface area contributed by atoms with E-state index in [1.165, 1.54) is 289 Å². The quantitative estimate of drug-likeness (QED) is 0.0204. The predicted molar refractivity (Wildman–Crippen MR) is 355 cm³/mol. The summed E-state index contributed by atoms with van der Waals surface area (Å²) < 4.78 is 22.9. The molecule has 2 aliphatic heterocycles. The first-order valence-electron chi connectivity index (χ1n) is 37.4. The van der Waals surface area contributed by atoms with Gasteiger partial charge in [0.2, 0.25) is 5.91 Å². The molecular formula is C73H141NO13. The van der Waals surface area contributed by atoms with E-state index in [4.69, 9.17) is 18.9 Å². The molecule has 0 aromatic carbocycles. The highest BCUT2D eigenvalue weighted by Gasteiger charge is 2.51. The lowest BCUT2D eigenvalue weighted by molar-refractivity contribution is -0.359. The Labute approximate surface area is 533 Å². The molecule has 9 N–H and O–H groups in total. The molecule has 12 atom stereocenters. The molecule has 87 heavy (non-hydrogen) atoms. The predicted octanol–water partition coefficient (Wildman–Crippen LogP) is 15.7. The highest BCUT2D eigenvalue weighted by Crippen LogP contribution is 2.30. The monoisotopic (exact) mass is 1240 g/mol. The van der Waals surface area contributed by atoms with Crippen LogP contribution in [0.15, 0.2) is 12.2 Å². The standard InChI is InChI=1S/C73H141NO13/c1-3-5-7-9-11-13-15-17-19-21-23-25-27-29-30-31-33-35-37-39-41-43-45-47-49-51-53-55-57-65(78)74-61(60-84-72-70(83)68(81)71(64(59-76)86-72)87-73-69(82)67(80)66(79)63(58-75)85-73)62(77)56-54-52-50-48-46-44-42-40-38-36-34-32-28-26-24-22-20-18-16-14-12-10-8-6-4-2/h54,56,61-64,66-73,75-77,79-83H,3-53,55,57-60H2,1-2H3,(H,74,78)/b56-54+. The van der Waals surface area contributed by atoms with E-state index in [0.29, 0.717) is 0 Å². The van der Waals surface area contributed by atoms with Crippen LogP contribution in [-0.4, -0.2) is 140 Å². The summed E-state index contributed by atoms with van der Waals surface area (Å²) in [6.45, 7) is 2.87. The minimum atomic E-state index is -1.79. The average molecular weight is 1240 g/mol. The van der Waals surface area contributed by atoms with Crippen LogP contribution < -0.4 is 5.32 Å². The number of carbonyl (C=O) groups excluding carboxylic acids is 1. The van der Waals surface area contributed by atoms with Gasteiger partial charge in [-0.1, -0.05) is 341 Å². The highest BCUT2D eigenvalue weighted by atomic mass is 16.7. The van der Waals surface area contributed by atoms with Crippen LogP contribution in [0.5, 0.6) is 0 Å². The Bertz CT molecular complexity index is 1510. The highest BCUT2D eigenvalue weighted by molar-refractivity contribution is 5.76. The average Bonchev–Trinajstić information content (AvgIpc) is 2.33. The molecule has 14 nitrogen and oxygen atoms in total. The zero-order chi connectivity index (χ0) is 63.1. The number of carbonyl (C=O) groups is 1. The van der Waals surface area contributed by atoms with Gasteiger partial charge in [0.15, 0.2) is 12.6 Å². The molecule has 2 aliphatic rings. The van der Waals surface area contributed by atoms with Gasteiger partial charge in [-0.05, 0) is 19.3 Å². The molecule has 0 aromatic rings. The van der Waals surface area contributed by atoms with Crippen molar-refractivity contribution in [2.75, 3.05) is 19.8 Å². The molecule has 2 saturated heterocycles. The van der Waals surface area contributed by atoms with Gasteiger partial charge < -0.3 is 65.1 Å². The topological polar surface area (TPSA) is 228 Å². The molecule has 0 spiro atoms. The lowest BCUT2D eigenvalue weighted by Crippen LogP contribution is -2.65. The SMILES string of the molecule is CCCCCCCCCCCCCCCCCCCCCCCCC/C=C/C(O)C(COC1OC(CO)C(OC2OC(CO)C(O)C(O)C2O)C(O)C1O)NC(=O)CCCCCCCCCCCCCCCCCCCCCCCCCCCCCC. The van der Waals surface area contributed by atoms with Crippen LogP contribution in [-0.2, 0) is 23.7 Å². The van der Waals surface area contributed by atoms with Crippen molar-refractivity contribution in [1.29, 1.82) is 0 Å². The van der Waals surface area contributed by atoms with Crippen LogP contribution in [0.2, 0.25) is 0 Å². The van der Waals surface area contributed by atoms with Gasteiger partial charge in [0.25, 0.3) is 0 Å². The Morgan fingerprint density at radius 3 is 1.06 bits per heavy atom. The third-order valence-electron chi connectivity index (χ3n) is 18.7. The van der Waals surface area contributed by atoms with Crippen LogP contribution >= 0.6 is 0 Å². The fourth-order valence-electron chi connectivity index (χ4n) is 12.8. The van der Waals surface area contributed by atoms with Gasteiger partial charge in [0.05, 0.1) is 32.0 Å². The first-order chi connectivity index (χ1) is 42.6. The summed E-state index contributed by atoms with van der Waals surface area (Å²) in [7, 11) is 0. The van der Waals surface area contributed by atoms with Crippen LogP contribution in [0, 0.1) is 0 Å². The van der Waals surface area contributed by atoms with Crippen LogP contribution in [0.3, 0.4) is 0 Å². The van der Waals surface area contributed by atoms with E-state index in [2.05, 4.69) is 19.2 Å². The van der Waals surface area contributed by atoms with E-state index in [-0.39, 0.29) is 18.9 Å². The number of aliphatic hydroxyl groups is 8. The van der Waals surface area contributed by atoms with Crippen LogP contribution in [0.4, 0.5) is 0 Å². The molecule has 0 bridgehead atoms. The third-order valence-corrected chi connectivity index (χ3v) is 18.7. The van der Waals surface area contributed by atoms with Gasteiger partial charge in [-0.15, -0.1) is 0 Å². The maximum absolute atomic E-state index is 13.4. The summed E-state index contributed by atoms with van der Waals surface area (Å²) in [5.41, 5.74) is 0. The number of ether oxygens (including phenoxy) is 4. The van der Waals surface area contributed by atoms with Gasteiger partial charge in [0.1, 0.15) is 48.8 Å². The second-order valence-electron chi connectivity index (χ2n) is 26.8. The van der Waals surface area contributed by atoms with E-state index in [1.807, 2.05) is 6.08 Å². The number of aliphatic hydroxyl groups excluding tert-OH is 8. The molecule has 14 heteroatoms. The lowest BCUT2D eigenvalue weighted by atomic mass is 9.97. The third kappa shape index (κ3) is 42.6. The lowest BCUT2D eigenvalue weighted by Gasteiger charge is -2.46. The second kappa shape index (κ2) is 58.5. The van der Waals surface area contributed by atoms with Gasteiger partial charge in [-0.2, -0.15) is 0 Å². The maximum Gasteiger partial charge on any atom is 0.220 e. The second-order valence-corrected chi connectivity index (χ2v) is 26.8. The number of rotatable bonds is 63. The number of allylic oxidation sites excluding steroid dienone is 1. The van der Waals surface area contributed by atoms with E-state index in [9.17, 15) is 45.6 Å². The zero-order valence-electron chi connectivity index (χ0n) is 56.3. The number of unbranched alkanes of at least 4 members (excludes halogenated alkanes) is 50. The fraction of sp³-hybridized carbons (Fsp3) is 0.959. The van der Waals surface area contributed by atoms with Crippen molar-refractivity contribution >= 4 is 5.91 Å². The number of amides is 1. The number of nitrogens with one attached hydrogen (secondary N) is 1. The fourth-order valence-corrected chi connectivity index (χ4v) is 12.8. The van der Waals surface area contributed by atoms with Crippen molar-refractivity contribution in [3.05, 3.63) is 12.2 Å². The Morgan fingerprint density at radius 1 is 0.402 bits per heavy atom. The van der Waals surface area contributed by atoms with Gasteiger partial charge in [-0.25, -0.2) is 0 Å².